The van der Waals surface area contributed by atoms with Gasteiger partial charge >= 0.3 is 5.97 Å². The number of aliphatic carboxylic acids is 1. The Morgan fingerprint density at radius 3 is 2.71 bits per heavy atom. The van der Waals surface area contributed by atoms with Crippen molar-refractivity contribution in [3.63, 3.8) is 0 Å². The summed E-state index contributed by atoms with van der Waals surface area (Å²) in [6, 6.07) is 11.9. The van der Waals surface area contributed by atoms with Crippen LogP contribution in [0.15, 0.2) is 47.9 Å². The van der Waals surface area contributed by atoms with Gasteiger partial charge in [0.1, 0.15) is 12.4 Å². The number of carbonyl (C=O) groups is 1. The van der Waals surface area contributed by atoms with Gasteiger partial charge in [-0.3, -0.25) is 4.90 Å². The molecule has 3 rings (SSSR count). The summed E-state index contributed by atoms with van der Waals surface area (Å²) in [5.41, 5.74) is 2.38. The number of carboxylic acids is 1. The van der Waals surface area contributed by atoms with Crippen molar-refractivity contribution in [2.75, 3.05) is 32.8 Å². The molecule has 6 heteroatoms. The molecule has 5 nitrogen and oxygen atoms in total. The molecule has 0 spiro atoms. The number of ether oxygens (including phenoxy) is 2. The second-order valence-corrected chi connectivity index (χ2v) is 7.68. The van der Waals surface area contributed by atoms with Crippen molar-refractivity contribution in [2.24, 2.45) is 0 Å². The molecule has 0 saturated carbocycles. The van der Waals surface area contributed by atoms with Crippen LogP contribution in [0.25, 0.3) is 5.57 Å². The van der Waals surface area contributed by atoms with E-state index in [9.17, 15) is 9.90 Å². The average Bonchev–Trinajstić information content (AvgIpc) is 3.24. The molecule has 0 amide bonds. The average molecular weight is 402 g/mol. The van der Waals surface area contributed by atoms with Crippen LogP contribution in [0.4, 0.5) is 0 Å². The Morgan fingerprint density at radius 1 is 1.29 bits per heavy atom. The summed E-state index contributed by atoms with van der Waals surface area (Å²) in [5.74, 6) is -0.126. The van der Waals surface area contributed by atoms with Crippen LogP contribution in [0.5, 0.6) is 5.75 Å². The van der Waals surface area contributed by atoms with Crippen LogP contribution in [-0.4, -0.2) is 54.9 Å². The molecular formula is C22H27NO4S. The Kier molecular flexibility index (Phi) is 7.65. The van der Waals surface area contributed by atoms with E-state index in [4.69, 9.17) is 9.47 Å². The summed E-state index contributed by atoms with van der Waals surface area (Å²) >= 11 is 1.80. The molecule has 0 bridgehead atoms. The SMILES string of the molecule is CCOC(Cc1ccc(OCCN2CC=C(c3cccs3)CC2)cc1)C(=O)O. The zero-order valence-electron chi connectivity index (χ0n) is 16.2. The van der Waals surface area contributed by atoms with E-state index in [0.29, 0.717) is 19.6 Å². The van der Waals surface area contributed by atoms with Gasteiger partial charge in [0.2, 0.25) is 0 Å². The van der Waals surface area contributed by atoms with Crippen LogP contribution in [0, 0.1) is 0 Å². The first-order chi connectivity index (χ1) is 13.7. The van der Waals surface area contributed by atoms with E-state index in [1.54, 1.807) is 18.3 Å². The highest BCUT2D eigenvalue weighted by Gasteiger charge is 2.18. The molecular weight excluding hydrogens is 374 g/mol. The Labute approximate surface area is 170 Å². The number of benzene rings is 1. The molecule has 0 fully saturated rings. The Bertz CT molecular complexity index is 770. The molecule has 1 atom stereocenters. The Morgan fingerprint density at radius 2 is 2.11 bits per heavy atom. The van der Waals surface area contributed by atoms with Crippen molar-refractivity contribution in [1.29, 1.82) is 0 Å². The number of thiophene rings is 1. The largest absolute Gasteiger partial charge is 0.492 e. The third-order valence-electron chi connectivity index (χ3n) is 4.79. The highest BCUT2D eigenvalue weighted by molar-refractivity contribution is 7.11. The minimum atomic E-state index is -0.931. The third kappa shape index (κ3) is 5.92. The Balaban J connectivity index is 1.41. The van der Waals surface area contributed by atoms with Gasteiger partial charge in [0.05, 0.1) is 0 Å². The maximum absolute atomic E-state index is 11.2. The zero-order valence-corrected chi connectivity index (χ0v) is 17.0. The summed E-state index contributed by atoms with van der Waals surface area (Å²) in [6.45, 7) is 5.73. The molecule has 2 heterocycles. The first-order valence-electron chi connectivity index (χ1n) is 9.67. The van der Waals surface area contributed by atoms with Gasteiger partial charge < -0.3 is 14.6 Å². The highest BCUT2D eigenvalue weighted by Crippen LogP contribution is 2.26. The van der Waals surface area contributed by atoms with Crippen LogP contribution in [0.2, 0.25) is 0 Å². The van der Waals surface area contributed by atoms with Crippen molar-refractivity contribution < 1.29 is 19.4 Å². The second-order valence-electron chi connectivity index (χ2n) is 6.74. The lowest BCUT2D eigenvalue weighted by molar-refractivity contribution is -0.149. The van der Waals surface area contributed by atoms with Gasteiger partial charge in [0.15, 0.2) is 6.10 Å². The van der Waals surface area contributed by atoms with Crippen LogP contribution in [0.3, 0.4) is 0 Å². The standard InChI is InChI=1S/C22H27NO4S/c1-2-26-20(22(24)25)16-17-5-7-19(8-6-17)27-14-13-23-11-9-18(10-12-23)21-4-3-15-28-21/h3-9,15,20H,2,10-14,16H2,1H3,(H,24,25). The van der Waals surface area contributed by atoms with E-state index < -0.39 is 12.1 Å². The predicted molar refractivity (Wildman–Crippen MR) is 112 cm³/mol. The molecule has 0 saturated heterocycles. The fourth-order valence-electron chi connectivity index (χ4n) is 3.25. The fraction of sp³-hybridized carbons (Fsp3) is 0.409. The number of rotatable bonds is 10. The van der Waals surface area contributed by atoms with Crippen molar-refractivity contribution in [3.05, 3.63) is 58.3 Å². The lowest BCUT2D eigenvalue weighted by Crippen LogP contribution is -2.32. The predicted octanol–water partition coefficient (Wildman–Crippen LogP) is 3.95. The van der Waals surface area contributed by atoms with Crippen molar-refractivity contribution in [3.8, 4) is 5.75 Å². The van der Waals surface area contributed by atoms with Gasteiger partial charge in [-0.15, -0.1) is 11.3 Å². The minimum Gasteiger partial charge on any atom is -0.492 e. The van der Waals surface area contributed by atoms with Crippen molar-refractivity contribution in [1.82, 2.24) is 4.90 Å². The van der Waals surface area contributed by atoms with Gasteiger partial charge in [-0.05, 0) is 48.1 Å². The third-order valence-corrected chi connectivity index (χ3v) is 5.74. The number of nitrogens with zero attached hydrogens (tertiary/aromatic N) is 1. The van der Waals surface area contributed by atoms with Crippen molar-refractivity contribution >= 4 is 22.9 Å². The smallest absolute Gasteiger partial charge is 0.333 e. The zero-order chi connectivity index (χ0) is 19.8. The Hall–Kier alpha value is -2.15. The highest BCUT2D eigenvalue weighted by atomic mass is 32.1. The van der Waals surface area contributed by atoms with Gasteiger partial charge in [-0.2, -0.15) is 0 Å². The van der Waals surface area contributed by atoms with E-state index in [2.05, 4.69) is 28.5 Å². The topological polar surface area (TPSA) is 59.0 Å². The molecule has 1 aliphatic rings. The van der Waals surface area contributed by atoms with E-state index >= 15 is 0 Å². The van der Waals surface area contributed by atoms with Crippen molar-refractivity contribution in [2.45, 2.75) is 25.9 Å². The second kappa shape index (κ2) is 10.4. The van der Waals surface area contributed by atoms with Crippen LogP contribution in [0.1, 0.15) is 23.8 Å². The van der Waals surface area contributed by atoms with Gasteiger partial charge in [-0.25, -0.2) is 4.79 Å². The van der Waals surface area contributed by atoms with E-state index in [0.717, 1.165) is 37.4 Å². The number of hydrogen-bond acceptors (Lipinski definition) is 5. The quantitative estimate of drug-likeness (QED) is 0.653. The van der Waals surface area contributed by atoms with E-state index in [-0.39, 0.29) is 0 Å². The van der Waals surface area contributed by atoms with E-state index in [1.807, 2.05) is 24.3 Å². The molecule has 2 aromatic rings. The molecule has 1 aromatic carbocycles. The summed E-state index contributed by atoms with van der Waals surface area (Å²) in [7, 11) is 0. The molecule has 0 aliphatic carbocycles. The molecule has 1 N–H and O–H groups in total. The number of carboxylic acid groups (broad SMARTS) is 1. The molecule has 1 aromatic heterocycles. The lowest BCUT2D eigenvalue weighted by Gasteiger charge is -2.25. The van der Waals surface area contributed by atoms with Crippen LogP contribution in [-0.2, 0) is 16.0 Å². The number of hydrogen-bond donors (Lipinski definition) is 1. The summed E-state index contributed by atoms with van der Waals surface area (Å²) in [4.78, 5) is 15.0. The maximum atomic E-state index is 11.2. The lowest BCUT2D eigenvalue weighted by atomic mass is 10.1. The van der Waals surface area contributed by atoms with Gasteiger partial charge in [-0.1, -0.05) is 24.3 Å². The summed E-state index contributed by atoms with van der Waals surface area (Å²) < 4.78 is 11.1. The summed E-state index contributed by atoms with van der Waals surface area (Å²) in [5, 5.41) is 11.3. The molecule has 0 radical (unpaired) electrons. The molecule has 28 heavy (non-hydrogen) atoms. The van der Waals surface area contributed by atoms with E-state index in [1.165, 1.54) is 10.5 Å². The van der Waals surface area contributed by atoms with Crippen LogP contribution < -0.4 is 4.74 Å². The first-order valence-corrected chi connectivity index (χ1v) is 10.5. The molecule has 1 aliphatic heterocycles. The van der Waals surface area contributed by atoms with Gasteiger partial charge in [0, 0.05) is 37.5 Å². The normalized spacial score (nSPS) is 15.8. The fourth-order valence-corrected chi connectivity index (χ4v) is 4.04. The van der Waals surface area contributed by atoms with Gasteiger partial charge in [0.25, 0.3) is 0 Å². The monoisotopic (exact) mass is 401 g/mol. The molecule has 1 unspecified atom stereocenters. The van der Waals surface area contributed by atoms with Crippen LogP contribution >= 0.6 is 11.3 Å². The summed E-state index contributed by atoms with van der Waals surface area (Å²) in [6.07, 6.45) is 2.96. The minimum absolute atomic E-state index is 0.357. The maximum Gasteiger partial charge on any atom is 0.333 e. The first kappa shape index (κ1) is 20.6. The molecule has 150 valence electrons.